The van der Waals surface area contributed by atoms with Gasteiger partial charge in [-0.15, -0.1) is 0 Å². The summed E-state index contributed by atoms with van der Waals surface area (Å²) in [6.45, 7) is 0. The standard InChI is InChI=1S/C22H15ClN2O2/c23-18-10-12-20-24-22(19(25(20)14-18)11-13-21(26)27)17-8-6-16(7-9-17)15-4-2-1-3-5-15/h1-14H,(H,26,27). The van der Waals surface area contributed by atoms with Crippen LogP contribution in [-0.4, -0.2) is 20.5 Å². The molecule has 0 aliphatic heterocycles. The monoisotopic (exact) mass is 374 g/mol. The van der Waals surface area contributed by atoms with Gasteiger partial charge >= 0.3 is 5.97 Å². The Morgan fingerprint density at radius 1 is 0.926 bits per heavy atom. The average molecular weight is 375 g/mol. The summed E-state index contributed by atoms with van der Waals surface area (Å²) >= 11 is 6.11. The number of aliphatic carboxylic acids is 1. The van der Waals surface area contributed by atoms with Crippen molar-refractivity contribution in [1.82, 2.24) is 9.38 Å². The fourth-order valence-electron chi connectivity index (χ4n) is 3.01. The van der Waals surface area contributed by atoms with Crippen molar-refractivity contribution < 1.29 is 9.90 Å². The molecule has 0 fully saturated rings. The SMILES string of the molecule is O=C(O)C=Cc1c(-c2ccc(-c3ccccc3)cc2)nc2ccc(Cl)cn12. The molecule has 4 aromatic rings. The zero-order chi connectivity index (χ0) is 18.8. The number of aromatic nitrogens is 2. The second-order valence-corrected chi connectivity index (χ2v) is 6.47. The van der Waals surface area contributed by atoms with E-state index >= 15 is 0 Å². The van der Waals surface area contributed by atoms with E-state index in [0.717, 1.165) is 22.8 Å². The van der Waals surface area contributed by atoms with E-state index in [2.05, 4.69) is 17.1 Å². The van der Waals surface area contributed by atoms with E-state index < -0.39 is 5.97 Å². The number of hydrogen-bond acceptors (Lipinski definition) is 2. The fraction of sp³-hybridized carbons (Fsp3) is 0. The third kappa shape index (κ3) is 3.48. The van der Waals surface area contributed by atoms with Crippen LogP contribution in [0.25, 0.3) is 34.1 Å². The number of pyridine rings is 1. The van der Waals surface area contributed by atoms with Crippen LogP contribution in [-0.2, 0) is 4.79 Å². The minimum Gasteiger partial charge on any atom is -0.478 e. The number of carboxylic acids is 1. The Morgan fingerprint density at radius 3 is 2.30 bits per heavy atom. The molecule has 2 aromatic carbocycles. The molecule has 5 heteroatoms. The second kappa shape index (κ2) is 7.09. The number of fused-ring (bicyclic) bond motifs is 1. The van der Waals surface area contributed by atoms with Crippen molar-refractivity contribution in [3.63, 3.8) is 0 Å². The van der Waals surface area contributed by atoms with E-state index in [1.807, 2.05) is 48.5 Å². The molecule has 0 spiro atoms. The van der Waals surface area contributed by atoms with Gasteiger partial charge < -0.3 is 5.11 Å². The van der Waals surface area contributed by atoms with Crippen LogP contribution in [0.2, 0.25) is 5.02 Å². The Balaban J connectivity index is 1.83. The first kappa shape index (κ1) is 17.1. The summed E-state index contributed by atoms with van der Waals surface area (Å²) in [5.74, 6) is -1.02. The van der Waals surface area contributed by atoms with Gasteiger partial charge in [0.05, 0.1) is 16.4 Å². The number of carboxylic acid groups (broad SMARTS) is 1. The molecule has 2 heterocycles. The molecule has 2 aromatic heterocycles. The minimum absolute atomic E-state index is 0.552. The van der Waals surface area contributed by atoms with Gasteiger partial charge in [0, 0.05) is 17.8 Å². The maximum absolute atomic E-state index is 11.0. The highest BCUT2D eigenvalue weighted by molar-refractivity contribution is 6.30. The molecule has 0 saturated carbocycles. The van der Waals surface area contributed by atoms with Gasteiger partial charge in [-0.05, 0) is 29.3 Å². The smallest absolute Gasteiger partial charge is 0.328 e. The van der Waals surface area contributed by atoms with E-state index in [4.69, 9.17) is 16.7 Å². The summed E-state index contributed by atoms with van der Waals surface area (Å²) in [6.07, 6.45) is 4.37. The Morgan fingerprint density at radius 2 is 1.59 bits per heavy atom. The summed E-state index contributed by atoms with van der Waals surface area (Å²) in [6, 6.07) is 21.7. The molecule has 1 N–H and O–H groups in total. The Kier molecular flexibility index (Phi) is 4.48. The molecule has 0 radical (unpaired) electrons. The summed E-state index contributed by atoms with van der Waals surface area (Å²) in [5, 5.41) is 9.57. The van der Waals surface area contributed by atoms with Crippen LogP contribution in [0.15, 0.2) is 79.0 Å². The highest BCUT2D eigenvalue weighted by atomic mass is 35.5. The van der Waals surface area contributed by atoms with E-state index in [1.54, 1.807) is 22.7 Å². The fourth-order valence-corrected chi connectivity index (χ4v) is 3.17. The summed E-state index contributed by atoms with van der Waals surface area (Å²) in [5.41, 5.74) is 5.22. The molecule has 4 nitrogen and oxygen atoms in total. The van der Waals surface area contributed by atoms with Crippen LogP contribution in [0.1, 0.15) is 5.69 Å². The van der Waals surface area contributed by atoms with Gasteiger partial charge in [-0.25, -0.2) is 9.78 Å². The first-order valence-electron chi connectivity index (χ1n) is 8.36. The van der Waals surface area contributed by atoms with Crippen molar-refractivity contribution in [2.24, 2.45) is 0 Å². The number of halogens is 1. The molecular weight excluding hydrogens is 360 g/mol. The summed E-state index contributed by atoms with van der Waals surface area (Å²) in [7, 11) is 0. The lowest BCUT2D eigenvalue weighted by Crippen LogP contribution is -1.91. The van der Waals surface area contributed by atoms with Crippen molar-refractivity contribution in [2.45, 2.75) is 0 Å². The molecule has 0 saturated heterocycles. The molecular formula is C22H15ClN2O2. The maximum atomic E-state index is 11.0. The molecule has 0 amide bonds. The van der Waals surface area contributed by atoms with Crippen LogP contribution >= 0.6 is 11.6 Å². The zero-order valence-corrected chi connectivity index (χ0v) is 15.0. The van der Waals surface area contributed by atoms with E-state index in [0.29, 0.717) is 22.1 Å². The molecule has 4 rings (SSSR count). The number of benzene rings is 2. The predicted octanol–water partition coefficient (Wildman–Crippen LogP) is 5.42. The van der Waals surface area contributed by atoms with Crippen LogP contribution < -0.4 is 0 Å². The van der Waals surface area contributed by atoms with Crippen molar-refractivity contribution in [3.05, 3.63) is 89.7 Å². The van der Waals surface area contributed by atoms with Crippen LogP contribution in [0.5, 0.6) is 0 Å². The van der Waals surface area contributed by atoms with E-state index in [-0.39, 0.29) is 0 Å². The van der Waals surface area contributed by atoms with Crippen LogP contribution in [0, 0.1) is 0 Å². The normalized spacial score (nSPS) is 11.3. The highest BCUT2D eigenvalue weighted by Gasteiger charge is 2.13. The van der Waals surface area contributed by atoms with E-state index in [1.165, 1.54) is 0 Å². The summed E-state index contributed by atoms with van der Waals surface area (Å²) in [4.78, 5) is 15.7. The molecule has 0 aliphatic carbocycles. The molecule has 0 bridgehead atoms. The molecule has 0 atom stereocenters. The number of nitrogens with zero attached hydrogens (tertiary/aromatic N) is 2. The Hall–Kier alpha value is -3.37. The molecule has 0 aliphatic rings. The van der Waals surface area contributed by atoms with Gasteiger partial charge in [-0.3, -0.25) is 4.40 Å². The van der Waals surface area contributed by atoms with Crippen molar-refractivity contribution in [1.29, 1.82) is 0 Å². The first-order chi connectivity index (χ1) is 13.1. The third-order valence-electron chi connectivity index (χ3n) is 4.27. The predicted molar refractivity (Wildman–Crippen MR) is 108 cm³/mol. The molecule has 0 unspecified atom stereocenters. The lowest BCUT2D eigenvalue weighted by molar-refractivity contribution is -0.131. The number of rotatable bonds is 4. The third-order valence-corrected chi connectivity index (χ3v) is 4.49. The highest BCUT2D eigenvalue weighted by Crippen LogP contribution is 2.29. The van der Waals surface area contributed by atoms with Gasteiger partial charge in [-0.2, -0.15) is 0 Å². The van der Waals surface area contributed by atoms with Gasteiger partial charge in [0.15, 0.2) is 0 Å². The number of imidazole rings is 1. The Labute approximate surface area is 161 Å². The zero-order valence-electron chi connectivity index (χ0n) is 14.2. The number of hydrogen-bond donors (Lipinski definition) is 1. The number of carbonyl (C=O) groups is 1. The summed E-state index contributed by atoms with van der Waals surface area (Å²) < 4.78 is 1.79. The lowest BCUT2D eigenvalue weighted by Gasteiger charge is -2.04. The van der Waals surface area contributed by atoms with Crippen LogP contribution in [0.4, 0.5) is 0 Å². The van der Waals surface area contributed by atoms with Crippen molar-refractivity contribution in [3.8, 4) is 22.4 Å². The van der Waals surface area contributed by atoms with E-state index in [9.17, 15) is 4.79 Å². The van der Waals surface area contributed by atoms with Gasteiger partial charge in [0.25, 0.3) is 0 Å². The van der Waals surface area contributed by atoms with Crippen LogP contribution in [0.3, 0.4) is 0 Å². The average Bonchev–Trinajstić information content (AvgIpc) is 3.05. The first-order valence-corrected chi connectivity index (χ1v) is 8.74. The second-order valence-electron chi connectivity index (χ2n) is 6.04. The molecule has 27 heavy (non-hydrogen) atoms. The quantitative estimate of drug-likeness (QED) is 0.485. The molecule has 132 valence electrons. The van der Waals surface area contributed by atoms with Gasteiger partial charge in [-0.1, -0.05) is 66.2 Å². The lowest BCUT2D eigenvalue weighted by atomic mass is 10.0. The van der Waals surface area contributed by atoms with Crippen molar-refractivity contribution in [2.75, 3.05) is 0 Å². The largest absolute Gasteiger partial charge is 0.478 e. The minimum atomic E-state index is -1.02. The maximum Gasteiger partial charge on any atom is 0.328 e. The topological polar surface area (TPSA) is 54.6 Å². The van der Waals surface area contributed by atoms with Crippen molar-refractivity contribution >= 4 is 29.3 Å². The van der Waals surface area contributed by atoms with Gasteiger partial charge in [0.2, 0.25) is 0 Å². The van der Waals surface area contributed by atoms with Gasteiger partial charge in [0.1, 0.15) is 5.65 Å². The Bertz CT molecular complexity index is 1150.